The number of aryl methyl sites for hydroxylation is 4. The Morgan fingerprint density at radius 1 is 1.06 bits per heavy atom. The zero-order valence-electron chi connectivity index (χ0n) is 11.6. The molecule has 0 bridgehead atoms. The molecule has 1 aromatic carbocycles. The zero-order chi connectivity index (χ0) is 13.1. The van der Waals surface area contributed by atoms with Crippen LogP contribution in [-0.4, -0.2) is 9.55 Å². The lowest BCUT2D eigenvalue weighted by Gasteiger charge is -2.11. The highest BCUT2D eigenvalue weighted by Gasteiger charge is 2.03. The third kappa shape index (κ3) is 2.79. The molecule has 0 radical (unpaired) electrons. The largest absolute Gasteiger partial charge is 0.337 e. The molecule has 2 aromatic rings. The van der Waals surface area contributed by atoms with Crippen LogP contribution in [0.25, 0.3) is 0 Å². The molecule has 1 N–H and O–H groups in total. The first kappa shape index (κ1) is 12.8. The Morgan fingerprint density at radius 3 is 2.44 bits per heavy atom. The van der Waals surface area contributed by atoms with Crippen LogP contribution < -0.4 is 5.32 Å². The fraction of sp³-hybridized carbons (Fsp3) is 0.400. The van der Waals surface area contributed by atoms with Crippen LogP contribution in [0.1, 0.15) is 28.1 Å². The summed E-state index contributed by atoms with van der Waals surface area (Å²) < 4.78 is 2.04. The fourth-order valence-electron chi connectivity index (χ4n) is 2.09. The van der Waals surface area contributed by atoms with Gasteiger partial charge in [-0.25, -0.2) is 4.98 Å². The SMILES string of the molecule is Cc1cc(C)c(CNCc2nccn2C)cc1C. The molecule has 0 unspecified atom stereocenters. The molecular weight excluding hydrogens is 222 g/mol. The number of rotatable bonds is 4. The Morgan fingerprint density at radius 2 is 1.78 bits per heavy atom. The average molecular weight is 243 g/mol. The maximum Gasteiger partial charge on any atom is 0.122 e. The van der Waals surface area contributed by atoms with Gasteiger partial charge in [-0.3, -0.25) is 0 Å². The smallest absolute Gasteiger partial charge is 0.122 e. The van der Waals surface area contributed by atoms with Crippen molar-refractivity contribution in [1.29, 1.82) is 0 Å². The van der Waals surface area contributed by atoms with E-state index < -0.39 is 0 Å². The minimum Gasteiger partial charge on any atom is -0.337 e. The van der Waals surface area contributed by atoms with Crippen molar-refractivity contribution in [3.05, 3.63) is 52.6 Å². The second kappa shape index (κ2) is 5.36. The van der Waals surface area contributed by atoms with Crippen LogP contribution in [-0.2, 0) is 20.1 Å². The van der Waals surface area contributed by atoms with Crippen LogP contribution in [0.15, 0.2) is 24.5 Å². The van der Waals surface area contributed by atoms with E-state index in [-0.39, 0.29) is 0 Å². The number of hydrogen-bond donors (Lipinski definition) is 1. The fourth-order valence-corrected chi connectivity index (χ4v) is 2.09. The third-order valence-electron chi connectivity index (χ3n) is 3.47. The number of benzene rings is 1. The van der Waals surface area contributed by atoms with Gasteiger partial charge in [-0.15, -0.1) is 0 Å². The topological polar surface area (TPSA) is 29.9 Å². The molecule has 1 aromatic heterocycles. The summed E-state index contributed by atoms with van der Waals surface area (Å²) in [5, 5.41) is 3.45. The summed E-state index contributed by atoms with van der Waals surface area (Å²) in [5.41, 5.74) is 5.44. The highest BCUT2D eigenvalue weighted by atomic mass is 15.1. The molecule has 0 atom stereocenters. The van der Waals surface area contributed by atoms with E-state index in [9.17, 15) is 0 Å². The predicted octanol–water partition coefficient (Wildman–Crippen LogP) is 2.64. The molecular formula is C15H21N3. The summed E-state index contributed by atoms with van der Waals surface area (Å²) in [6, 6.07) is 4.53. The van der Waals surface area contributed by atoms with E-state index in [0.717, 1.165) is 18.9 Å². The third-order valence-corrected chi connectivity index (χ3v) is 3.47. The molecule has 0 aliphatic heterocycles. The zero-order valence-corrected chi connectivity index (χ0v) is 11.6. The first-order chi connectivity index (χ1) is 8.58. The molecule has 96 valence electrons. The van der Waals surface area contributed by atoms with Gasteiger partial charge in [0.1, 0.15) is 5.82 Å². The van der Waals surface area contributed by atoms with Crippen LogP contribution in [0.4, 0.5) is 0 Å². The van der Waals surface area contributed by atoms with E-state index in [1.54, 1.807) is 0 Å². The van der Waals surface area contributed by atoms with E-state index in [2.05, 4.69) is 43.2 Å². The highest BCUT2D eigenvalue weighted by Crippen LogP contribution is 2.15. The lowest BCUT2D eigenvalue weighted by Crippen LogP contribution is -2.16. The van der Waals surface area contributed by atoms with Gasteiger partial charge in [0.15, 0.2) is 0 Å². The lowest BCUT2D eigenvalue weighted by atomic mass is 10.0. The second-order valence-corrected chi connectivity index (χ2v) is 4.92. The molecule has 0 saturated carbocycles. The monoisotopic (exact) mass is 243 g/mol. The molecule has 0 spiro atoms. The molecule has 0 aliphatic rings. The number of nitrogens with one attached hydrogen (secondary N) is 1. The standard InChI is InChI=1S/C15H21N3/c1-11-7-13(3)14(8-12(11)2)9-16-10-15-17-5-6-18(15)4/h5-8,16H,9-10H2,1-4H3. The molecule has 2 rings (SSSR count). The van der Waals surface area contributed by atoms with Gasteiger partial charge in [0.05, 0.1) is 6.54 Å². The Labute approximate surface area is 109 Å². The van der Waals surface area contributed by atoms with Crippen LogP contribution in [0.3, 0.4) is 0 Å². The molecule has 0 aliphatic carbocycles. The summed E-state index contributed by atoms with van der Waals surface area (Å²) in [6.45, 7) is 8.18. The first-order valence-corrected chi connectivity index (χ1v) is 6.31. The van der Waals surface area contributed by atoms with Crippen LogP contribution in [0.5, 0.6) is 0 Å². The Kier molecular flexibility index (Phi) is 3.82. The van der Waals surface area contributed by atoms with E-state index in [1.807, 2.05) is 24.0 Å². The van der Waals surface area contributed by atoms with Crippen molar-refractivity contribution in [2.75, 3.05) is 0 Å². The van der Waals surface area contributed by atoms with Crippen LogP contribution in [0, 0.1) is 20.8 Å². The van der Waals surface area contributed by atoms with Crippen LogP contribution >= 0.6 is 0 Å². The van der Waals surface area contributed by atoms with Gasteiger partial charge >= 0.3 is 0 Å². The second-order valence-electron chi connectivity index (χ2n) is 4.92. The number of aromatic nitrogens is 2. The minimum absolute atomic E-state index is 0.801. The van der Waals surface area contributed by atoms with E-state index in [0.29, 0.717) is 0 Å². The van der Waals surface area contributed by atoms with Gasteiger partial charge in [0, 0.05) is 26.0 Å². The first-order valence-electron chi connectivity index (χ1n) is 6.31. The van der Waals surface area contributed by atoms with Gasteiger partial charge in [-0.2, -0.15) is 0 Å². The normalized spacial score (nSPS) is 10.9. The Balaban J connectivity index is 1.99. The maximum absolute atomic E-state index is 4.30. The van der Waals surface area contributed by atoms with Crippen molar-refractivity contribution in [1.82, 2.24) is 14.9 Å². The number of imidazole rings is 1. The van der Waals surface area contributed by atoms with Gasteiger partial charge in [-0.05, 0) is 43.0 Å². The molecule has 0 amide bonds. The van der Waals surface area contributed by atoms with Crippen molar-refractivity contribution >= 4 is 0 Å². The quantitative estimate of drug-likeness (QED) is 0.894. The minimum atomic E-state index is 0.801. The van der Waals surface area contributed by atoms with E-state index >= 15 is 0 Å². The summed E-state index contributed by atoms with van der Waals surface area (Å²) in [6.07, 6.45) is 3.80. The molecule has 3 heteroatoms. The summed E-state index contributed by atoms with van der Waals surface area (Å²) in [4.78, 5) is 4.30. The van der Waals surface area contributed by atoms with Crippen molar-refractivity contribution in [2.45, 2.75) is 33.9 Å². The van der Waals surface area contributed by atoms with Gasteiger partial charge in [-0.1, -0.05) is 12.1 Å². The average Bonchev–Trinajstić information content (AvgIpc) is 2.72. The van der Waals surface area contributed by atoms with Gasteiger partial charge in [0.2, 0.25) is 0 Å². The van der Waals surface area contributed by atoms with Crippen LogP contribution in [0.2, 0.25) is 0 Å². The van der Waals surface area contributed by atoms with E-state index in [4.69, 9.17) is 0 Å². The van der Waals surface area contributed by atoms with Crippen molar-refractivity contribution in [2.24, 2.45) is 7.05 Å². The van der Waals surface area contributed by atoms with Gasteiger partial charge in [0.25, 0.3) is 0 Å². The molecule has 18 heavy (non-hydrogen) atoms. The van der Waals surface area contributed by atoms with Crippen molar-refractivity contribution in [3.8, 4) is 0 Å². The summed E-state index contributed by atoms with van der Waals surface area (Å²) in [7, 11) is 2.02. The molecule has 1 heterocycles. The van der Waals surface area contributed by atoms with Gasteiger partial charge < -0.3 is 9.88 Å². The molecule has 0 fully saturated rings. The lowest BCUT2D eigenvalue weighted by molar-refractivity contribution is 0.637. The summed E-state index contributed by atoms with van der Waals surface area (Å²) >= 11 is 0. The predicted molar refractivity (Wildman–Crippen MR) is 74.4 cm³/mol. The number of nitrogens with zero attached hydrogens (tertiary/aromatic N) is 2. The maximum atomic E-state index is 4.30. The van der Waals surface area contributed by atoms with Crippen molar-refractivity contribution in [3.63, 3.8) is 0 Å². The Hall–Kier alpha value is -1.61. The van der Waals surface area contributed by atoms with E-state index in [1.165, 1.54) is 22.3 Å². The van der Waals surface area contributed by atoms with Crippen molar-refractivity contribution < 1.29 is 0 Å². The molecule has 3 nitrogen and oxygen atoms in total. The molecule has 0 saturated heterocycles. The number of hydrogen-bond acceptors (Lipinski definition) is 2. The Bertz CT molecular complexity index is 541. The summed E-state index contributed by atoms with van der Waals surface area (Å²) in [5.74, 6) is 1.07. The highest BCUT2D eigenvalue weighted by molar-refractivity contribution is 5.36.